The average Bonchev–Trinajstić information content (AvgIpc) is 2.98. The first-order chi connectivity index (χ1) is 12.9. The third-order valence-corrected chi connectivity index (χ3v) is 5.61. The molecule has 2 aromatic rings. The van der Waals surface area contributed by atoms with E-state index in [1.54, 1.807) is 29.8 Å². The highest BCUT2D eigenvalue weighted by molar-refractivity contribution is 7.98. The SMILES string of the molecule is CCN(CC)C(=O)CN(C)C(=O)c1ccccc1SCc1c(C)noc1C. The number of amides is 2. The third-order valence-electron chi connectivity index (χ3n) is 4.51. The van der Waals surface area contributed by atoms with Gasteiger partial charge in [0.05, 0.1) is 17.8 Å². The van der Waals surface area contributed by atoms with Gasteiger partial charge in [-0.3, -0.25) is 9.59 Å². The van der Waals surface area contributed by atoms with Crippen molar-refractivity contribution in [1.82, 2.24) is 15.0 Å². The number of aryl methyl sites for hydroxylation is 2. The van der Waals surface area contributed by atoms with Crippen molar-refractivity contribution in [2.24, 2.45) is 0 Å². The average molecular weight is 390 g/mol. The summed E-state index contributed by atoms with van der Waals surface area (Å²) in [6.45, 7) is 9.02. The zero-order valence-electron chi connectivity index (χ0n) is 16.6. The number of carbonyl (C=O) groups is 2. The number of likely N-dealkylation sites (N-methyl/N-ethyl adjacent to an activating group) is 2. The first-order valence-electron chi connectivity index (χ1n) is 9.05. The lowest BCUT2D eigenvalue weighted by atomic mass is 10.2. The molecule has 1 aromatic heterocycles. The number of carbonyl (C=O) groups excluding carboxylic acids is 2. The minimum atomic E-state index is -0.155. The molecule has 27 heavy (non-hydrogen) atoms. The van der Waals surface area contributed by atoms with Crippen molar-refractivity contribution in [3.8, 4) is 0 Å². The van der Waals surface area contributed by atoms with Crippen molar-refractivity contribution in [3.63, 3.8) is 0 Å². The zero-order valence-corrected chi connectivity index (χ0v) is 17.4. The van der Waals surface area contributed by atoms with Crippen LogP contribution in [0.3, 0.4) is 0 Å². The molecule has 0 aliphatic carbocycles. The summed E-state index contributed by atoms with van der Waals surface area (Å²) in [5.74, 6) is 1.27. The molecule has 7 heteroatoms. The first kappa shape index (κ1) is 21.0. The predicted molar refractivity (Wildman–Crippen MR) is 107 cm³/mol. The number of aromatic nitrogens is 1. The zero-order chi connectivity index (χ0) is 20.0. The van der Waals surface area contributed by atoms with E-state index in [9.17, 15) is 9.59 Å². The van der Waals surface area contributed by atoms with E-state index in [-0.39, 0.29) is 18.4 Å². The number of benzene rings is 1. The maximum absolute atomic E-state index is 12.9. The highest BCUT2D eigenvalue weighted by Crippen LogP contribution is 2.29. The number of hydrogen-bond acceptors (Lipinski definition) is 5. The van der Waals surface area contributed by atoms with Crippen molar-refractivity contribution in [1.29, 1.82) is 0 Å². The molecule has 0 aliphatic heterocycles. The molecule has 0 atom stereocenters. The lowest BCUT2D eigenvalue weighted by Crippen LogP contribution is -2.41. The number of nitrogens with zero attached hydrogens (tertiary/aromatic N) is 3. The minimum Gasteiger partial charge on any atom is -0.361 e. The van der Waals surface area contributed by atoms with Crippen LogP contribution in [0.15, 0.2) is 33.7 Å². The molecule has 0 bridgehead atoms. The molecule has 0 saturated heterocycles. The molecule has 0 saturated carbocycles. The van der Waals surface area contributed by atoms with Crippen LogP contribution in [-0.4, -0.2) is 53.5 Å². The Labute approximate surface area is 164 Å². The third kappa shape index (κ3) is 5.13. The van der Waals surface area contributed by atoms with Gasteiger partial charge in [0.1, 0.15) is 5.76 Å². The summed E-state index contributed by atoms with van der Waals surface area (Å²) in [5.41, 5.74) is 2.52. The Bertz CT molecular complexity index is 780. The second kappa shape index (κ2) is 9.60. The van der Waals surface area contributed by atoms with Gasteiger partial charge in [-0.1, -0.05) is 17.3 Å². The van der Waals surface area contributed by atoms with Crippen molar-refractivity contribution in [2.45, 2.75) is 38.3 Å². The highest BCUT2D eigenvalue weighted by Gasteiger charge is 2.20. The van der Waals surface area contributed by atoms with E-state index in [1.165, 1.54) is 4.90 Å². The van der Waals surface area contributed by atoms with E-state index in [2.05, 4.69) is 5.16 Å². The van der Waals surface area contributed by atoms with Crippen LogP contribution in [0.1, 0.15) is 41.2 Å². The number of hydrogen-bond donors (Lipinski definition) is 0. The summed E-state index contributed by atoms with van der Waals surface area (Å²) in [4.78, 5) is 29.3. The minimum absolute atomic E-state index is 0.0447. The molecule has 0 radical (unpaired) electrons. The summed E-state index contributed by atoms with van der Waals surface area (Å²) < 4.78 is 5.21. The topological polar surface area (TPSA) is 66.7 Å². The molecular weight excluding hydrogens is 362 g/mol. The molecule has 2 rings (SSSR count). The Balaban J connectivity index is 2.11. The van der Waals surface area contributed by atoms with Gasteiger partial charge in [0, 0.05) is 36.3 Å². The lowest BCUT2D eigenvalue weighted by molar-refractivity contribution is -0.131. The van der Waals surface area contributed by atoms with Crippen LogP contribution in [0.4, 0.5) is 0 Å². The van der Waals surface area contributed by atoms with Crippen LogP contribution in [0.2, 0.25) is 0 Å². The van der Waals surface area contributed by atoms with E-state index in [4.69, 9.17) is 4.52 Å². The van der Waals surface area contributed by atoms with Crippen LogP contribution in [0, 0.1) is 13.8 Å². The van der Waals surface area contributed by atoms with Crippen LogP contribution < -0.4 is 0 Å². The summed E-state index contributed by atoms with van der Waals surface area (Å²) in [7, 11) is 1.67. The Morgan fingerprint density at radius 1 is 1.15 bits per heavy atom. The fraction of sp³-hybridized carbons (Fsp3) is 0.450. The van der Waals surface area contributed by atoms with Crippen molar-refractivity contribution in [2.75, 3.05) is 26.7 Å². The van der Waals surface area contributed by atoms with Crippen molar-refractivity contribution < 1.29 is 14.1 Å². The summed E-state index contributed by atoms with van der Waals surface area (Å²) in [5, 5.41) is 3.97. The van der Waals surface area contributed by atoms with E-state index in [1.807, 2.05) is 45.9 Å². The molecule has 146 valence electrons. The fourth-order valence-corrected chi connectivity index (χ4v) is 3.98. The number of thioether (sulfide) groups is 1. The summed E-state index contributed by atoms with van der Waals surface area (Å²) in [6.07, 6.45) is 0. The van der Waals surface area contributed by atoms with Gasteiger partial charge >= 0.3 is 0 Å². The van der Waals surface area contributed by atoms with Gasteiger partial charge in [0.15, 0.2) is 0 Å². The number of rotatable bonds is 8. The summed E-state index contributed by atoms with van der Waals surface area (Å²) >= 11 is 1.57. The van der Waals surface area contributed by atoms with Crippen LogP contribution in [0.25, 0.3) is 0 Å². The molecule has 1 aromatic carbocycles. The van der Waals surface area contributed by atoms with E-state index < -0.39 is 0 Å². The summed E-state index contributed by atoms with van der Waals surface area (Å²) in [6, 6.07) is 7.48. The smallest absolute Gasteiger partial charge is 0.255 e. The second-order valence-electron chi connectivity index (χ2n) is 6.31. The molecule has 0 aliphatic rings. The first-order valence-corrected chi connectivity index (χ1v) is 10.0. The molecule has 0 fully saturated rings. The molecular formula is C20H27N3O3S. The molecule has 2 amide bonds. The molecule has 6 nitrogen and oxygen atoms in total. The monoisotopic (exact) mass is 389 g/mol. The van der Waals surface area contributed by atoms with Gasteiger partial charge in [-0.25, -0.2) is 0 Å². The molecule has 0 N–H and O–H groups in total. The largest absolute Gasteiger partial charge is 0.361 e. The maximum Gasteiger partial charge on any atom is 0.255 e. The predicted octanol–water partition coefficient (Wildman–Crippen LogP) is 3.52. The normalized spacial score (nSPS) is 10.7. The van der Waals surface area contributed by atoms with Crippen LogP contribution in [-0.2, 0) is 10.5 Å². The molecule has 1 heterocycles. The Kier molecular flexibility index (Phi) is 7.47. The van der Waals surface area contributed by atoms with E-state index >= 15 is 0 Å². The Hall–Kier alpha value is -2.28. The second-order valence-corrected chi connectivity index (χ2v) is 7.33. The van der Waals surface area contributed by atoms with Gasteiger partial charge in [-0.15, -0.1) is 11.8 Å². The lowest BCUT2D eigenvalue weighted by Gasteiger charge is -2.23. The van der Waals surface area contributed by atoms with Gasteiger partial charge < -0.3 is 14.3 Å². The Morgan fingerprint density at radius 2 is 1.81 bits per heavy atom. The Morgan fingerprint density at radius 3 is 2.41 bits per heavy atom. The van der Waals surface area contributed by atoms with Gasteiger partial charge in [-0.2, -0.15) is 0 Å². The van der Waals surface area contributed by atoms with E-state index in [0.29, 0.717) is 24.4 Å². The maximum atomic E-state index is 12.9. The van der Waals surface area contributed by atoms with Gasteiger partial charge in [-0.05, 0) is 39.8 Å². The van der Waals surface area contributed by atoms with Crippen LogP contribution >= 0.6 is 11.8 Å². The highest BCUT2D eigenvalue weighted by atomic mass is 32.2. The van der Waals surface area contributed by atoms with Gasteiger partial charge in [0.25, 0.3) is 5.91 Å². The quantitative estimate of drug-likeness (QED) is 0.646. The fourth-order valence-electron chi connectivity index (χ4n) is 2.78. The van der Waals surface area contributed by atoms with Crippen LogP contribution in [0.5, 0.6) is 0 Å². The molecule has 0 spiro atoms. The van der Waals surface area contributed by atoms with E-state index in [0.717, 1.165) is 21.9 Å². The van der Waals surface area contributed by atoms with Crippen molar-refractivity contribution >= 4 is 23.6 Å². The standard InChI is InChI=1S/C20H27N3O3S/c1-6-23(7-2)19(24)12-22(5)20(25)16-10-8-9-11-18(16)27-13-17-14(3)21-26-15(17)4/h8-11H,6-7,12-13H2,1-5H3. The molecule has 0 unspecified atom stereocenters. The van der Waals surface area contributed by atoms with Crippen molar-refractivity contribution in [3.05, 3.63) is 46.8 Å². The van der Waals surface area contributed by atoms with Gasteiger partial charge in [0.2, 0.25) is 5.91 Å².